The summed E-state index contributed by atoms with van der Waals surface area (Å²) in [4.78, 5) is 0. The monoisotopic (exact) mass is 258 g/mol. The Bertz CT molecular complexity index is 93.6. The van der Waals surface area contributed by atoms with Crippen LogP contribution in [0.15, 0.2) is 0 Å². The summed E-state index contributed by atoms with van der Waals surface area (Å²) in [5, 5.41) is 0. The molecule has 0 heterocycles. The summed E-state index contributed by atoms with van der Waals surface area (Å²) in [6.45, 7) is 0. The zero-order valence-corrected chi connectivity index (χ0v) is 12.8. The molecule has 0 saturated heterocycles. The fraction of sp³-hybridized carbons (Fsp3) is 0. The van der Waals surface area contributed by atoms with Crippen molar-refractivity contribution in [3.63, 3.8) is 0 Å². The van der Waals surface area contributed by atoms with Gasteiger partial charge in [-0.25, -0.2) is 0 Å². The molecule has 5 nitrogen and oxygen atoms in total. The van der Waals surface area contributed by atoms with E-state index in [9.17, 15) is 0 Å². The van der Waals surface area contributed by atoms with Crippen LogP contribution < -0.4 is 110 Å². The van der Waals surface area contributed by atoms with Crippen molar-refractivity contribution in [3.8, 4) is 0 Å². The summed E-state index contributed by atoms with van der Waals surface area (Å²) in [5.74, 6) is 0. The molecule has 0 rings (SSSR count). The topological polar surface area (TPSA) is 112 Å². The van der Waals surface area contributed by atoms with Crippen LogP contribution in [0.5, 0.6) is 0 Å². The molecule has 8 heavy (non-hydrogen) atoms. The maximum absolute atomic E-state index is 8.63. The molecule has 40 valence electrons. The number of hydrogen-bond acceptors (Lipinski definition) is 4. The predicted molar refractivity (Wildman–Crippen MR) is 4.99 cm³/mol. The molecule has 0 aliphatic heterocycles. The molecule has 0 bridgehead atoms. The van der Waals surface area contributed by atoms with Crippen molar-refractivity contribution in [1.82, 2.24) is 0 Å². The molecule has 0 aliphatic rings. The van der Waals surface area contributed by atoms with Crippen LogP contribution in [0, 0.1) is 0 Å². The molecule has 0 unspecified atom stereocenters. The summed E-state index contributed by atoms with van der Waals surface area (Å²) in [6, 6.07) is 0. The van der Waals surface area contributed by atoms with E-state index in [-0.39, 0.29) is 108 Å². The van der Waals surface area contributed by atoms with Crippen LogP contribution in [0.3, 0.4) is 0 Å². The first-order valence-electron chi connectivity index (χ1n) is 0.667. The number of hydrogen-bond donors (Lipinski definition) is 0. The Kier molecular flexibility index (Phi) is 29.4. The van der Waals surface area contributed by atoms with Gasteiger partial charge in [0.25, 0.3) is 0 Å². The summed E-state index contributed by atoms with van der Waals surface area (Å²) < 4.78 is 34.5. The Morgan fingerprint density at radius 3 is 1.00 bits per heavy atom. The summed E-state index contributed by atoms with van der Waals surface area (Å²) >= 11 is -6.02. The third-order valence-corrected chi connectivity index (χ3v) is 0. The van der Waals surface area contributed by atoms with E-state index in [4.69, 9.17) is 14.3 Å². The van der Waals surface area contributed by atoms with E-state index in [0.717, 1.165) is 0 Å². The van der Waals surface area contributed by atoms with Gasteiger partial charge in [-0.3, -0.25) is 0 Å². The molecule has 0 aromatic heterocycles. The second-order valence-corrected chi connectivity index (χ2v) is 2.42. The molecule has 0 atom stereocenters. The van der Waals surface area contributed by atoms with Gasteiger partial charge in [-0.15, -0.1) is 0 Å². The van der Waals surface area contributed by atoms with Crippen LogP contribution in [0.25, 0.3) is 0 Å². The standard InChI is InChI=1S/2K.Mo.H2O.4O/h;;;1H2;;;;/q2*+1;;;;;2*-1. The minimum absolute atomic E-state index is 0. The van der Waals surface area contributed by atoms with Crippen LogP contribution in [0.2, 0.25) is 0 Å². The van der Waals surface area contributed by atoms with Crippen molar-refractivity contribution in [2.24, 2.45) is 0 Å². The van der Waals surface area contributed by atoms with Crippen LogP contribution in [-0.4, -0.2) is 5.48 Å². The van der Waals surface area contributed by atoms with E-state index in [1.165, 1.54) is 0 Å². The van der Waals surface area contributed by atoms with Crippen molar-refractivity contribution >= 4 is 0 Å². The molecular formula is H2K2MoO5. The van der Waals surface area contributed by atoms with E-state index in [2.05, 4.69) is 0 Å². The summed E-state index contributed by atoms with van der Waals surface area (Å²) in [5.41, 5.74) is 0. The molecule has 0 spiro atoms. The second kappa shape index (κ2) is 10.4. The van der Waals surface area contributed by atoms with Gasteiger partial charge < -0.3 is 5.48 Å². The maximum atomic E-state index is 8.63. The Morgan fingerprint density at radius 1 is 1.00 bits per heavy atom. The minimum atomic E-state index is -6.02. The predicted octanol–water partition coefficient (Wildman–Crippen LogP) is -9.43. The average Bonchev–Trinajstić information content (AvgIpc) is 0.722. The average molecular weight is 256 g/mol. The van der Waals surface area contributed by atoms with E-state index in [0.29, 0.717) is 0 Å². The molecule has 2 N–H and O–H groups in total. The molecule has 0 saturated carbocycles. The first-order chi connectivity index (χ1) is 2.00. The van der Waals surface area contributed by atoms with Gasteiger partial charge in [-0.2, -0.15) is 0 Å². The first kappa shape index (κ1) is 22.5. The second-order valence-electron chi connectivity index (χ2n) is 0.408. The molecule has 8 heteroatoms. The molecule has 0 aromatic carbocycles. The van der Waals surface area contributed by atoms with Crippen LogP contribution in [0.4, 0.5) is 0 Å². The molecule has 0 radical (unpaired) electrons. The van der Waals surface area contributed by atoms with Gasteiger partial charge in [0.05, 0.1) is 0 Å². The first-order valence-corrected chi connectivity index (χ1v) is 3.94. The van der Waals surface area contributed by atoms with Gasteiger partial charge in [0.15, 0.2) is 0 Å². The Hall–Kier alpha value is 3.44. The van der Waals surface area contributed by atoms with E-state index >= 15 is 0 Å². The van der Waals surface area contributed by atoms with Crippen LogP contribution in [0.1, 0.15) is 0 Å². The van der Waals surface area contributed by atoms with Gasteiger partial charge in [0.2, 0.25) is 0 Å². The third-order valence-electron chi connectivity index (χ3n) is 0. The van der Waals surface area contributed by atoms with Crippen molar-refractivity contribution in [2.45, 2.75) is 0 Å². The molecule has 0 aliphatic carbocycles. The van der Waals surface area contributed by atoms with Crippen molar-refractivity contribution in [3.05, 3.63) is 0 Å². The van der Waals surface area contributed by atoms with E-state index in [1.807, 2.05) is 0 Å². The third kappa shape index (κ3) is 56.8. The van der Waals surface area contributed by atoms with E-state index in [1.54, 1.807) is 0 Å². The summed E-state index contributed by atoms with van der Waals surface area (Å²) in [7, 11) is 0. The Morgan fingerprint density at radius 2 is 1.00 bits per heavy atom. The van der Waals surface area contributed by atoms with Gasteiger partial charge in [-0.1, -0.05) is 0 Å². The van der Waals surface area contributed by atoms with Gasteiger partial charge in [0.1, 0.15) is 0 Å². The molecule has 0 fully saturated rings. The molecular weight excluding hydrogens is 254 g/mol. The van der Waals surface area contributed by atoms with Crippen LogP contribution >= 0.6 is 0 Å². The zero-order chi connectivity index (χ0) is 4.50. The van der Waals surface area contributed by atoms with Crippen molar-refractivity contribution in [2.75, 3.05) is 0 Å². The molecule has 0 amide bonds. The van der Waals surface area contributed by atoms with Crippen LogP contribution in [-0.2, 0) is 23.5 Å². The number of rotatable bonds is 0. The van der Waals surface area contributed by atoms with Crippen molar-refractivity contribution < 1.29 is 139 Å². The summed E-state index contributed by atoms with van der Waals surface area (Å²) in [6.07, 6.45) is 0. The van der Waals surface area contributed by atoms with E-state index < -0.39 is 16.7 Å². The fourth-order valence-corrected chi connectivity index (χ4v) is 0. The quantitative estimate of drug-likeness (QED) is 0.400. The van der Waals surface area contributed by atoms with Gasteiger partial charge in [-0.05, 0) is 0 Å². The Balaban J connectivity index is -0.0000000267. The molecule has 0 aromatic rings. The van der Waals surface area contributed by atoms with Gasteiger partial charge >= 0.3 is 134 Å². The van der Waals surface area contributed by atoms with Crippen molar-refractivity contribution in [1.29, 1.82) is 0 Å². The Labute approximate surface area is 135 Å². The fourth-order valence-electron chi connectivity index (χ4n) is 0. The SMILES string of the molecule is O.[K+].[K+].[O]=[Mo](=[O])([O-])[O-]. The normalized spacial score (nSPS) is 7.25. The van der Waals surface area contributed by atoms with Gasteiger partial charge in [0, 0.05) is 0 Å². The zero-order valence-electron chi connectivity index (χ0n) is 4.54.